The van der Waals surface area contributed by atoms with Crippen molar-refractivity contribution in [1.82, 2.24) is 0 Å². The standard InChI is InChI=1S/C53H84O27/c1-48(18-56)10-11-53(47(71)72)21(12-48)20-6-7-27-49(2)13-22(58)41(50(3,19-57)26(49)8-9-51(27,4)52(20,5)14-28(53)59)80-45-37(68)38(30(61)24(16-55)75-45)77-46-40(79-43-35(66)32(63)29(60)23(15-54)74-43)31(62)25(17-73-46)76-44-36(67)33(64)34(65)39(78-44)42(69)70/h6,21-41,43-46,54-68H,7-19H2,1-5H3,(H,69,70)(H,71,72)/t21-,22+,23+,24+,25+,26+,27+,28+,29+,30+,31-,32-,33-,34-,35+,36+,37+,38-,39-,40+,41-,43-,44+,45-,46-,48-,49-,50+,51+,52+,53+/m0/s1. The minimum atomic E-state index is -2.13. The summed E-state index contributed by atoms with van der Waals surface area (Å²) in [6.07, 6.45) is -36.0. The highest BCUT2D eigenvalue weighted by Crippen LogP contribution is 2.76. The van der Waals surface area contributed by atoms with E-state index in [0.717, 1.165) is 5.57 Å². The van der Waals surface area contributed by atoms with Crippen LogP contribution < -0.4 is 0 Å². The largest absolute Gasteiger partial charge is 0.481 e. The lowest BCUT2D eigenvalue weighted by Crippen LogP contribution is -2.70. The van der Waals surface area contributed by atoms with Gasteiger partial charge < -0.3 is 125 Å². The molecule has 458 valence electrons. The maximum atomic E-state index is 13.3. The van der Waals surface area contributed by atoms with Crippen molar-refractivity contribution in [3.63, 3.8) is 0 Å². The molecule has 27 nitrogen and oxygen atoms in total. The third-order valence-electron chi connectivity index (χ3n) is 21.4. The predicted molar refractivity (Wildman–Crippen MR) is 263 cm³/mol. The Kier molecular flexibility index (Phi) is 17.6. The highest BCUT2D eigenvalue weighted by molar-refractivity contribution is 5.77. The first-order valence-electron chi connectivity index (χ1n) is 27.8. The van der Waals surface area contributed by atoms with Crippen LogP contribution in [0.1, 0.15) is 86.0 Å². The lowest BCUT2D eigenvalue weighted by Gasteiger charge is -2.72. The second kappa shape index (κ2) is 22.6. The zero-order valence-corrected chi connectivity index (χ0v) is 45.4. The second-order valence-electron chi connectivity index (χ2n) is 25.8. The Bertz CT molecular complexity index is 2260. The summed E-state index contributed by atoms with van der Waals surface area (Å²) in [4.78, 5) is 25.1. The van der Waals surface area contributed by atoms with Gasteiger partial charge in [0.15, 0.2) is 31.3 Å². The Morgan fingerprint density at radius 2 is 1.20 bits per heavy atom. The summed E-state index contributed by atoms with van der Waals surface area (Å²) in [5.74, 6) is -3.92. The van der Waals surface area contributed by atoms with Crippen LogP contribution in [-0.2, 0) is 47.5 Å². The molecular formula is C53H84O27. The third-order valence-corrected chi connectivity index (χ3v) is 21.4. The van der Waals surface area contributed by atoms with E-state index in [1.807, 2.05) is 6.92 Å². The Morgan fingerprint density at radius 3 is 1.80 bits per heavy atom. The van der Waals surface area contributed by atoms with Crippen LogP contribution in [0.5, 0.6) is 0 Å². The molecule has 0 spiro atoms. The van der Waals surface area contributed by atoms with Crippen molar-refractivity contribution in [2.24, 2.45) is 50.2 Å². The molecule has 8 fully saturated rings. The first-order valence-corrected chi connectivity index (χ1v) is 27.8. The molecular weight excluding hydrogens is 1070 g/mol. The van der Waals surface area contributed by atoms with Crippen molar-refractivity contribution in [3.8, 4) is 0 Å². The number of rotatable bonds is 14. The van der Waals surface area contributed by atoms with Gasteiger partial charge in [-0.3, -0.25) is 4.79 Å². The van der Waals surface area contributed by atoms with Gasteiger partial charge in [0.05, 0.1) is 44.7 Å². The van der Waals surface area contributed by atoms with Crippen molar-refractivity contribution in [2.45, 2.75) is 221 Å². The van der Waals surface area contributed by atoms with Gasteiger partial charge in [0.25, 0.3) is 0 Å². The molecule has 0 unspecified atom stereocenters. The Balaban J connectivity index is 0.972. The summed E-state index contributed by atoms with van der Waals surface area (Å²) in [7, 11) is 0. The van der Waals surface area contributed by atoms with Crippen LogP contribution in [0.4, 0.5) is 0 Å². The number of hydrogen-bond donors (Lipinski definition) is 17. The number of carbonyl (C=O) groups is 2. The van der Waals surface area contributed by atoms with Gasteiger partial charge in [-0.2, -0.15) is 0 Å². The minimum Gasteiger partial charge on any atom is -0.481 e. The van der Waals surface area contributed by atoms with E-state index in [1.54, 1.807) is 6.92 Å². The van der Waals surface area contributed by atoms with Crippen molar-refractivity contribution in [3.05, 3.63) is 11.6 Å². The zero-order valence-electron chi connectivity index (χ0n) is 45.4. The van der Waals surface area contributed by atoms with Crippen molar-refractivity contribution in [1.29, 1.82) is 0 Å². The SMILES string of the molecule is C[C@]1(CO)CC[C@]2(C(=O)O)[C@H](O)C[C@]3(C)C(=CC[C@@H]4[C@@]5(C)C[C@@H](O)[C@H](O[C@@H]6O[C@H](CO)[C@@H](O)[C@H](O[C@@H]7OC[C@@H](O[C@@H]8O[C@H](C(=O)O)[C@@H](O)[C@H](O)[C@H]8O)[C@H](O)[C@H]7O[C@@H]7O[C@H](CO)[C@@H](O)[C@H](O)[C@H]7O)[C@H]6O)[C@](C)(CO)[C@@H]5CC[C@]43C)[C@@H]2C1. The molecule has 4 saturated heterocycles. The maximum Gasteiger partial charge on any atom is 0.335 e. The van der Waals surface area contributed by atoms with Gasteiger partial charge in [-0.05, 0) is 90.8 Å². The smallest absolute Gasteiger partial charge is 0.335 e. The Morgan fingerprint density at radius 1 is 0.600 bits per heavy atom. The summed E-state index contributed by atoms with van der Waals surface area (Å²) in [6.45, 7) is 6.78. The van der Waals surface area contributed by atoms with Gasteiger partial charge in [0, 0.05) is 12.0 Å². The molecule has 31 atom stereocenters. The average Bonchev–Trinajstić information content (AvgIpc) is 3.40. The van der Waals surface area contributed by atoms with Crippen LogP contribution in [0.25, 0.3) is 0 Å². The first kappa shape index (κ1) is 62.3. The van der Waals surface area contributed by atoms with Crippen molar-refractivity contribution in [2.75, 3.05) is 33.0 Å². The molecule has 9 aliphatic rings. The average molecular weight is 1150 g/mol. The number of carboxylic acids is 2. The van der Waals surface area contributed by atoms with Crippen LogP contribution in [-0.4, -0.2) is 267 Å². The summed E-state index contributed by atoms with van der Waals surface area (Å²) in [5.41, 5.74) is -4.30. The van der Waals surface area contributed by atoms with Crippen LogP contribution >= 0.6 is 0 Å². The lowest BCUT2D eigenvalue weighted by atomic mass is 9.33. The van der Waals surface area contributed by atoms with E-state index >= 15 is 0 Å². The fourth-order valence-corrected chi connectivity index (χ4v) is 16.6. The fraction of sp³-hybridized carbons (Fsp3) is 0.925. The second-order valence-corrected chi connectivity index (χ2v) is 25.8. The molecule has 0 amide bonds. The topological polar surface area (TPSA) is 452 Å². The highest BCUT2D eigenvalue weighted by atomic mass is 16.8. The molecule has 0 aromatic rings. The minimum absolute atomic E-state index is 0.104. The molecule has 4 aliphatic heterocycles. The number of aliphatic carboxylic acids is 2. The van der Waals surface area contributed by atoms with Gasteiger partial charge in [0.2, 0.25) is 0 Å². The van der Waals surface area contributed by atoms with Gasteiger partial charge in [-0.25, -0.2) is 4.79 Å². The number of hydrogen-bond acceptors (Lipinski definition) is 25. The van der Waals surface area contributed by atoms with E-state index < -0.39 is 212 Å². The van der Waals surface area contributed by atoms with E-state index in [-0.39, 0.29) is 37.7 Å². The van der Waals surface area contributed by atoms with Crippen LogP contribution in [0.2, 0.25) is 0 Å². The molecule has 0 aromatic carbocycles. The number of aliphatic hydroxyl groups is 15. The van der Waals surface area contributed by atoms with Gasteiger partial charge in [-0.1, -0.05) is 46.3 Å². The highest BCUT2D eigenvalue weighted by Gasteiger charge is 2.73. The summed E-state index contributed by atoms with van der Waals surface area (Å²) < 4.78 is 46.9. The third kappa shape index (κ3) is 9.72. The Labute approximate surface area is 461 Å². The van der Waals surface area contributed by atoms with E-state index in [9.17, 15) is 96.4 Å². The van der Waals surface area contributed by atoms with Crippen LogP contribution in [0.3, 0.4) is 0 Å². The monoisotopic (exact) mass is 1150 g/mol. The molecule has 80 heavy (non-hydrogen) atoms. The van der Waals surface area contributed by atoms with Gasteiger partial charge in [-0.15, -0.1) is 0 Å². The molecule has 5 aliphatic carbocycles. The first-order chi connectivity index (χ1) is 37.5. The van der Waals surface area contributed by atoms with E-state index in [2.05, 4.69) is 26.8 Å². The molecule has 0 bridgehead atoms. The van der Waals surface area contributed by atoms with Gasteiger partial charge >= 0.3 is 11.9 Å². The number of allylic oxidation sites excluding steroid dienone is 2. The molecule has 27 heteroatoms. The van der Waals surface area contributed by atoms with Crippen LogP contribution in [0, 0.1) is 50.2 Å². The number of ether oxygens (including phenoxy) is 8. The van der Waals surface area contributed by atoms with Crippen LogP contribution in [0.15, 0.2) is 11.6 Å². The van der Waals surface area contributed by atoms with E-state index in [1.165, 1.54) is 0 Å². The number of aliphatic hydroxyl groups excluding tert-OH is 15. The number of fused-ring (bicyclic) bond motifs is 7. The quantitative estimate of drug-likeness (QED) is 0.0573. The molecule has 4 heterocycles. The molecule has 0 aromatic heterocycles. The summed E-state index contributed by atoms with van der Waals surface area (Å²) in [6, 6.07) is 0. The summed E-state index contributed by atoms with van der Waals surface area (Å²) >= 11 is 0. The summed E-state index contributed by atoms with van der Waals surface area (Å²) in [5, 5.41) is 187. The lowest BCUT2D eigenvalue weighted by molar-refractivity contribution is -0.394. The maximum absolute atomic E-state index is 13.3. The fourth-order valence-electron chi connectivity index (χ4n) is 16.6. The molecule has 0 radical (unpaired) electrons. The van der Waals surface area contributed by atoms with E-state index in [4.69, 9.17) is 37.9 Å². The van der Waals surface area contributed by atoms with Crippen molar-refractivity contribution >= 4 is 11.9 Å². The van der Waals surface area contributed by atoms with E-state index in [0.29, 0.717) is 32.1 Å². The number of carboxylic acid groups (broad SMARTS) is 2. The van der Waals surface area contributed by atoms with Gasteiger partial charge in [0.1, 0.15) is 90.9 Å². The zero-order chi connectivity index (χ0) is 58.7. The molecule has 9 rings (SSSR count). The predicted octanol–water partition coefficient (Wildman–Crippen LogP) is -4.85. The molecule has 4 saturated carbocycles. The molecule has 17 N–H and O–H groups in total. The Hall–Kier alpha value is -2.24. The normalized spacial score (nSPS) is 55.2. The van der Waals surface area contributed by atoms with Crippen molar-refractivity contribution < 1.29 is 134 Å².